The van der Waals surface area contributed by atoms with E-state index in [4.69, 9.17) is 4.98 Å². The number of rotatable bonds is 2. The summed E-state index contributed by atoms with van der Waals surface area (Å²) >= 11 is 1.86. The second kappa shape index (κ2) is 4.56. The molecule has 4 saturated heterocycles. The van der Waals surface area contributed by atoms with Gasteiger partial charge < -0.3 is 5.32 Å². The van der Waals surface area contributed by atoms with Crippen molar-refractivity contribution in [1.82, 2.24) is 20.1 Å². The molecule has 5 heterocycles. The first-order chi connectivity index (χ1) is 8.90. The molecule has 2 bridgehead atoms. The van der Waals surface area contributed by atoms with Gasteiger partial charge in [-0.15, -0.1) is 11.3 Å². The molecule has 5 heteroatoms. The summed E-state index contributed by atoms with van der Waals surface area (Å²) in [6, 6.07) is 1.08. The zero-order valence-corrected chi connectivity index (χ0v) is 11.5. The van der Waals surface area contributed by atoms with Gasteiger partial charge in [0.25, 0.3) is 0 Å². The molecule has 0 spiro atoms. The molecule has 18 heavy (non-hydrogen) atoms. The Labute approximate surface area is 112 Å². The monoisotopic (exact) mass is 264 g/mol. The summed E-state index contributed by atoms with van der Waals surface area (Å²) in [5.74, 6) is 0. The summed E-state index contributed by atoms with van der Waals surface area (Å²) in [6.07, 6.45) is 2.55. The van der Waals surface area contributed by atoms with E-state index in [9.17, 15) is 0 Å². The van der Waals surface area contributed by atoms with Crippen molar-refractivity contribution in [3.63, 3.8) is 0 Å². The average molecular weight is 264 g/mol. The van der Waals surface area contributed by atoms with Gasteiger partial charge in [-0.1, -0.05) is 0 Å². The maximum Gasteiger partial charge on any atom is 0.111 e. The van der Waals surface area contributed by atoms with Crippen molar-refractivity contribution >= 4 is 11.3 Å². The lowest BCUT2D eigenvalue weighted by Crippen LogP contribution is -2.56. The number of thiazole rings is 1. The van der Waals surface area contributed by atoms with Gasteiger partial charge >= 0.3 is 0 Å². The van der Waals surface area contributed by atoms with Crippen LogP contribution in [0, 0.1) is 0 Å². The van der Waals surface area contributed by atoms with Gasteiger partial charge in [-0.3, -0.25) is 9.80 Å². The van der Waals surface area contributed by atoms with Crippen molar-refractivity contribution in [2.45, 2.75) is 24.9 Å². The van der Waals surface area contributed by atoms with Gasteiger partial charge in [0.2, 0.25) is 0 Å². The van der Waals surface area contributed by atoms with Crippen molar-refractivity contribution in [1.29, 1.82) is 0 Å². The molecule has 4 nitrogen and oxygen atoms in total. The van der Waals surface area contributed by atoms with Gasteiger partial charge in [-0.05, 0) is 19.4 Å². The molecule has 0 radical (unpaired) electrons. The maximum absolute atomic E-state index is 4.92. The van der Waals surface area contributed by atoms with E-state index < -0.39 is 0 Å². The highest BCUT2D eigenvalue weighted by Gasteiger charge is 2.34. The molecule has 0 aromatic carbocycles. The van der Waals surface area contributed by atoms with E-state index in [-0.39, 0.29) is 0 Å². The third-order valence-electron chi connectivity index (χ3n) is 4.52. The number of nitrogens with zero attached hydrogens (tertiary/aromatic N) is 3. The zero-order valence-electron chi connectivity index (χ0n) is 10.6. The molecular weight excluding hydrogens is 244 g/mol. The molecule has 1 aromatic heterocycles. The van der Waals surface area contributed by atoms with Crippen molar-refractivity contribution in [2.75, 3.05) is 39.3 Å². The quantitative estimate of drug-likeness (QED) is 0.871. The first kappa shape index (κ1) is 11.3. The minimum atomic E-state index is 0.520. The Bertz CT molecular complexity index is 418. The Kier molecular flexibility index (Phi) is 2.87. The molecule has 1 N–H and O–H groups in total. The highest BCUT2D eigenvalue weighted by molar-refractivity contribution is 7.09. The summed E-state index contributed by atoms with van der Waals surface area (Å²) in [5.41, 5.74) is 1.28. The van der Waals surface area contributed by atoms with E-state index in [0.717, 1.165) is 6.54 Å². The lowest BCUT2D eigenvalue weighted by molar-refractivity contribution is 0.0122. The van der Waals surface area contributed by atoms with Crippen LogP contribution in [0.1, 0.15) is 35.6 Å². The Hall–Kier alpha value is -0.490. The predicted molar refractivity (Wildman–Crippen MR) is 72.8 cm³/mol. The number of aromatic nitrogens is 1. The molecule has 0 amide bonds. The fourth-order valence-electron chi connectivity index (χ4n) is 3.40. The van der Waals surface area contributed by atoms with Crippen LogP contribution < -0.4 is 5.32 Å². The van der Waals surface area contributed by atoms with Crippen LogP contribution in [0.5, 0.6) is 0 Å². The Morgan fingerprint density at radius 1 is 1.28 bits per heavy atom. The van der Waals surface area contributed by atoms with Crippen LogP contribution in [0.25, 0.3) is 0 Å². The van der Waals surface area contributed by atoms with E-state index in [1.54, 1.807) is 0 Å². The second-order valence-electron chi connectivity index (χ2n) is 5.61. The van der Waals surface area contributed by atoms with Crippen LogP contribution in [0.2, 0.25) is 0 Å². The van der Waals surface area contributed by atoms with E-state index >= 15 is 0 Å². The van der Waals surface area contributed by atoms with Crippen LogP contribution in [0.3, 0.4) is 0 Å². The van der Waals surface area contributed by atoms with Gasteiger partial charge in [0, 0.05) is 38.1 Å². The summed E-state index contributed by atoms with van der Waals surface area (Å²) in [6.45, 7) is 7.28. The molecule has 0 saturated carbocycles. The molecular formula is C13H20N4S. The standard InChI is InChI=1S/C13H20N4S/c1-2-10(14-3-1)11-9-18-13(15-11)12-8-16-4-6-17(12)7-5-16/h9-10,12,14H,1-8H2. The fourth-order valence-corrected chi connectivity index (χ4v) is 4.40. The molecule has 5 rings (SSSR count). The number of hydrogen-bond acceptors (Lipinski definition) is 5. The highest BCUT2D eigenvalue weighted by atomic mass is 32.1. The van der Waals surface area contributed by atoms with E-state index in [2.05, 4.69) is 20.5 Å². The molecule has 2 atom stereocenters. The molecule has 4 fully saturated rings. The lowest BCUT2D eigenvalue weighted by atomic mass is 10.1. The number of piperazine rings is 3. The topological polar surface area (TPSA) is 31.4 Å². The summed E-state index contributed by atoms with van der Waals surface area (Å²) < 4.78 is 0. The predicted octanol–water partition coefficient (Wildman–Crippen LogP) is 1.24. The van der Waals surface area contributed by atoms with Crippen molar-refractivity contribution < 1.29 is 0 Å². The van der Waals surface area contributed by atoms with E-state index in [1.165, 1.54) is 56.3 Å². The largest absolute Gasteiger partial charge is 0.309 e. The second-order valence-corrected chi connectivity index (χ2v) is 6.50. The lowest BCUT2D eigenvalue weighted by Gasteiger charge is -2.46. The number of nitrogens with one attached hydrogen (secondary N) is 1. The Balaban J connectivity index is 1.54. The molecule has 98 valence electrons. The minimum absolute atomic E-state index is 0.520. The van der Waals surface area contributed by atoms with E-state index in [0.29, 0.717) is 12.1 Å². The fraction of sp³-hybridized carbons (Fsp3) is 0.769. The van der Waals surface area contributed by atoms with E-state index in [1.807, 2.05) is 11.3 Å². The SMILES string of the molecule is c1sc(C2CN3CCN2CC3)nc1C1CCCN1. The first-order valence-electron chi connectivity index (χ1n) is 7.05. The van der Waals surface area contributed by atoms with Crippen molar-refractivity contribution in [2.24, 2.45) is 0 Å². The van der Waals surface area contributed by atoms with Crippen LogP contribution >= 0.6 is 11.3 Å². The summed E-state index contributed by atoms with van der Waals surface area (Å²) in [7, 11) is 0. The van der Waals surface area contributed by atoms with Crippen LogP contribution in [-0.4, -0.2) is 54.1 Å². The third kappa shape index (κ3) is 1.90. The average Bonchev–Trinajstić information content (AvgIpc) is 3.11. The zero-order chi connectivity index (χ0) is 11.9. The normalized spacial score (nSPS) is 39.3. The molecule has 0 aliphatic carbocycles. The molecule has 4 aliphatic rings. The van der Waals surface area contributed by atoms with Crippen LogP contribution in [-0.2, 0) is 0 Å². The first-order valence-corrected chi connectivity index (χ1v) is 7.93. The Morgan fingerprint density at radius 3 is 2.83 bits per heavy atom. The highest BCUT2D eigenvalue weighted by Crippen LogP contribution is 2.33. The van der Waals surface area contributed by atoms with Gasteiger partial charge in [-0.2, -0.15) is 0 Å². The van der Waals surface area contributed by atoms with Gasteiger partial charge in [0.05, 0.1) is 17.8 Å². The van der Waals surface area contributed by atoms with Crippen molar-refractivity contribution in [3.05, 3.63) is 16.1 Å². The molecule has 4 aliphatic heterocycles. The third-order valence-corrected chi connectivity index (χ3v) is 5.49. The van der Waals surface area contributed by atoms with Crippen LogP contribution in [0.15, 0.2) is 5.38 Å². The van der Waals surface area contributed by atoms with Crippen molar-refractivity contribution in [3.8, 4) is 0 Å². The summed E-state index contributed by atoms with van der Waals surface area (Å²) in [5, 5.41) is 7.15. The molecule has 2 unspecified atom stereocenters. The van der Waals surface area contributed by atoms with Gasteiger partial charge in [0.15, 0.2) is 0 Å². The smallest absolute Gasteiger partial charge is 0.111 e. The van der Waals surface area contributed by atoms with Gasteiger partial charge in [0.1, 0.15) is 5.01 Å². The molecule has 1 aromatic rings. The maximum atomic E-state index is 4.92. The Morgan fingerprint density at radius 2 is 2.17 bits per heavy atom. The minimum Gasteiger partial charge on any atom is -0.309 e. The number of fused-ring (bicyclic) bond motifs is 3. The van der Waals surface area contributed by atoms with Gasteiger partial charge in [-0.25, -0.2) is 4.98 Å². The number of hydrogen-bond donors (Lipinski definition) is 1. The van der Waals surface area contributed by atoms with Crippen LogP contribution in [0.4, 0.5) is 0 Å². The summed E-state index contributed by atoms with van der Waals surface area (Å²) in [4.78, 5) is 10.1.